The minimum absolute atomic E-state index is 0.0244. The van der Waals surface area contributed by atoms with E-state index in [2.05, 4.69) is 15.4 Å². The van der Waals surface area contributed by atoms with Crippen molar-refractivity contribution in [3.8, 4) is 22.4 Å². The quantitative estimate of drug-likeness (QED) is 0.452. The Hall–Kier alpha value is -3.87. The molecule has 1 N–H and O–H groups in total. The first-order valence-electron chi connectivity index (χ1n) is 10.4. The molecule has 1 amide bonds. The van der Waals surface area contributed by atoms with Gasteiger partial charge in [-0.15, -0.1) is 0 Å². The summed E-state index contributed by atoms with van der Waals surface area (Å²) < 4.78 is 29.3. The van der Waals surface area contributed by atoms with E-state index in [9.17, 15) is 13.6 Å². The number of halogens is 2. The summed E-state index contributed by atoms with van der Waals surface area (Å²) in [4.78, 5) is 16.4. The van der Waals surface area contributed by atoms with Crippen LogP contribution in [0.4, 0.5) is 14.6 Å². The zero-order valence-corrected chi connectivity index (χ0v) is 17.1. The molecule has 1 saturated carbocycles. The first-order valence-corrected chi connectivity index (χ1v) is 10.4. The predicted octanol–water partition coefficient (Wildman–Crippen LogP) is 5.29. The number of rotatable bonds is 6. The minimum atomic E-state index is -0.338. The number of nitrogens with zero attached hydrogens (tertiary/aromatic N) is 3. The molecule has 5 rings (SSSR count). The van der Waals surface area contributed by atoms with E-state index in [1.165, 1.54) is 18.2 Å². The van der Waals surface area contributed by atoms with Crippen LogP contribution in [-0.4, -0.2) is 20.7 Å². The van der Waals surface area contributed by atoms with Crippen molar-refractivity contribution in [1.82, 2.24) is 14.8 Å². The van der Waals surface area contributed by atoms with Gasteiger partial charge in [0, 0.05) is 35.0 Å². The molecule has 0 aliphatic heterocycles. The van der Waals surface area contributed by atoms with Crippen LogP contribution in [0.15, 0.2) is 73.1 Å². The second-order valence-corrected chi connectivity index (χ2v) is 7.88. The monoisotopic (exact) mass is 430 g/mol. The summed E-state index contributed by atoms with van der Waals surface area (Å²) >= 11 is 0. The molecule has 2 heterocycles. The Kier molecular flexibility index (Phi) is 5.23. The van der Waals surface area contributed by atoms with Crippen LogP contribution in [-0.2, 0) is 11.3 Å². The lowest BCUT2D eigenvalue weighted by molar-refractivity contribution is -0.117. The van der Waals surface area contributed by atoms with Gasteiger partial charge in [0.25, 0.3) is 0 Å². The van der Waals surface area contributed by atoms with Gasteiger partial charge in [-0.25, -0.2) is 13.8 Å². The lowest BCUT2D eigenvalue weighted by Crippen LogP contribution is -2.14. The summed E-state index contributed by atoms with van der Waals surface area (Å²) in [5.41, 5.74) is 3.45. The predicted molar refractivity (Wildman–Crippen MR) is 118 cm³/mol. The number of benzene rings is 2. The van der Waals surface area contributed by atoms with Crippen LogP contribution in [0.25, 0.3) is 22.4 Å². The van der Waals surface area contributed by atoms with Crippen molar-refractivity contribution in [2.45, 2.75) is 19.4 Å². The van der Waals surface area contributed by atoms with E-state index in [0.29, 0.717) is 17.1 Å². The Morgan fingerprint density at radius 3 is 2.56 bits per heavy atom. The molecule has 32 heavy (non-hydrogen) atoms. The number of aromatic nitrogens is 3. The normalized spacial score (nSPS) is 13.2. The molecule has 160 valence electrons. The zero-order valence-electron chi connectivity index (χ0n) is 17.1. The van der Waals surface area contributed by atoms with Crippen LogP contribution >= 0.6 is 0 Å². The van der Waals surface area contributed by atoms with E-state index in [1.54, 1.807) is 47.3 Å². The smallest absolute Gasteiger partial charge is 0.228 e. The molecule has 1 aliphatic carbocycles. The molecule has 0 bridgehead atoms. The van der Waals surface area contributed by atoms with Crippen molar-refractivity contribution < 1.29 is 13.6 Å². The number of pyridine rings is 1. The van der Waals surface area contributed by atoms with Crippen LogP contribution in [0, 0.1) is 17.6 Å². The molecule has 2 aromatic heterocycles. The van der Waals surface area contributed by atoms with Crippen LogP contribution < -0.4 is 5.32 Å². The fourth-order valence-electron chi connectivity index (χ4n) is 3.58. The Labute approximate surface area is 183 Å². The van der Waals surface area contributed by atoms with Gasteiger partial charge in [0.05, 0.1) is 6.54 Å². The Morgan fingerprint density at radius 2 is 1.81 bits per heavy atom. The molecule has 0 spiro atoms. The first kappa shape index (κ1) is 20.1. The average molecular weight is 430 g/mol. The molecule has 1 aliphatic rings. The fourth-order valence-corrected chi connectivity index (χ4v) is 3.58. The molecular formula is C25H20F2N4O. The highest BCUT2D eigenvalue weighted by Gasteiger charge is 2.29. The van der Waals surface area contributed by atoms with E-state index in [-0.39, 0.29) is 30.0 Å². The van der Waals surface area contributed by atoms with E-state index < -0.39 is 0 Å². The summed E-state index contributed by atoms with van der Waals surface area (Å²) in [6.45, 7) is 0.247. The highest BCUT2D eigenvalue weighted by Crippen LogP contribution is 2.33. The van der Waals surface area contributed by atoms with E-state index in [4.69, 9.17) is 0 Å². The molecule has 0 unspecified atom stereocenters. The Bertz CT molecular complexity index is 1280. The Balaban J connectivity index is 1.54. The van der Waals surface area contributed by atoms with E-state index in [0.717, 1.165) is 29.5 Å². The molecule has 2 aromatic carbocycles. The highest BCUT2D eigenvalue weighted by molar-refractivity contribution is 5.94. The summed E-state index contributed by atoms with van der Waals surface area (Å²) in [6, 6.07) is 16.2. The van der Waals surface area contributed by atoms with E-state index in [1.807, 2.05) is 12.3 Å². The van der Waals surface area contributed by atoms with E-state index >= 15 is 0 Å². The third kappa shape index (κ3) is 4.27. The maximum atomic E-state index is 14.2. The van der Waals surface area contributed by atoms with Gasteiger partial charge in [0.1, 0.15) is 23.1 Å². The number of hydrogen-bond acceptors (Lipinski definition) is 3. The van der Waals surface area contributed by atoms with Crippen LogP contribution in [0.5, 0.6) is 0 Å². The van der Waals surface area contributed by atoms with Gasteiger partial charge in [0.2, 0.25) is 5.91 Å². The summed E-state index contributed by atoms with van der Waals surface area (Å²) in [5.74, 6) is -0.134. The molecule has 0 saturated heterocycles. The van der Waals surface area contributed by atoms with Crippen molar-refractivity contribution in [3.63, 3.8) is 0 Å². The summed E-state index contributed by atoms with van der Waals surface area (Å²) in [6.07, 6.45) is 5.26. The third-order valence-electron chi connectivity index (χ3n) is 5.44. The average Bonchev–Trinajstić information content (AvgIpc) is 3.57. The van der Waals surface area contributed by atoms with Crippen LogP contribution in [0.2, 0.25) is 0 Å². The maximum Gasteiger partial charge on any atom is 0.228 e. The van der Waals surface area contributed by atoms with Crippen molar-refractivity contribution in [3.05, 3.63) is 90.3 Å². The van der Waals surface area contributed by atoms with Gasteiger partial charge in [-0.05, 0) is 60.9 Å². The Morgan fingerprint density at radius 1 is 1.03 bits per heavy atom. The van der Waals surface area contributed by atoms with Crippen molar-refractivity contribution in [2.75, 3.05) is 5.32 Å². The number of anilines is 1. The lowest BCUT2D eigenvalue weighted by atomic mass is 10.0. The fraction of sp³-hybridized carbons (Fsp3) is 0.160. The summed E-state index contributed by atoms with van der Waals surface area (Å²) in [5, 5.41) is 7.53. The number of carbonyl (C=O) groups is 1. The molecule has 7 heteroatoms. The third-order valence-corrected chi connectivity index (χ3v) is 5.44. The molecule has 1 fully saturated rings. The number of carbonyl (C=O) groups excluding carboxylic acids is 1. The summed E-state index contributed by atoms with van der Waals surface area (Å²) in [7, 11) is 0. The van der Waals surface area contributed by atoms with Gasteiger partial charge in [-0.1, -0.05) is 18.2 Å². The van der Waals surface area contributed by atoms with Crippen molar-refractivity contribution >= 4 is 11.7 Å². The second-order valence-electron chi connectivity index (χ2n) is 7.88. The molecule has 0 atom stereocenters. The molecule has 5 nitrogen and oxygen atoms in total. The first-order chi connectivity index (χ1) is 15.6. The molecule has 4 aromatic rings. The van der Waals surface area contributed by atoms with Crippen molar-refractivity contribution in [1.29, 1.82) is 0 Å². The van der Waals surface area contributed by atoms with Gasteiger partial charge in [-0.2, -0.15) is 5.10 Å². The van der Waals surface area contributed by atoms with Gasteiger partial charge < -0.3 is 5.32 Å². The topological polar surface area (TPSA) is 59.8 Å². The molecule has 0 radical (unpaired) electrons. The van der Waals surface area contributed by atoms with Crippen LogP contribution in [0.1, 0.15) is 18.4 Å². The number of hydrogen-bond donors (Lipinski definition) is 1. The maximum absolute atomic E-state index is 14.2. The number of amides is 1. The zero-order chi connectivity index (χ0) is 22.1. The van der Waals surface area contributed by atoms with Crippen LogP contribution in [0.3, 0.4) is 0 Å². The second kappa shape index (κ2) is 8.34. The largest absolute Gasteiger partial charge is 0.310 e. The lowest BCUT2D eigenvalue weighted by Gasteiger charge is -2.07. The molecular weight excluding hydrogens is 410 g/mol. The minimum Gasteiger partial charge on any atom is -0.310 e. The van der Waals surface area contributed by atoms with Crippen molar-refractivity contribution in [2.24, 2.45) is 5.92 Å². The number of nitrogens with one attached hydrogen (secondary N) is 1. The highest BCUT2D eigenvalue weighted by atomic mass is 19.1. The van der Waals surface area contributed by atoms with Gasteiger partial charge in [-0.3, -0.25) is 9.48 Å². The van der Waals surface area contributed by atoms with Gasteiger partial charge >= 0.3 is 0 Å². The SMILES string of the molecule is O=C(Nc1cc(-c2cn(Cc3ccccc3F)nc2-c2ccc(F)cc2)ccn1)C1CC1. The standard InChI is InChI=1S/C25H20F2N4O/c26-20-9-7-16(8-10-20)24-21(15-31(30-24)14-19-3-1-2-4-22(19)27)18-11-12-28-23(13-18)29-25(32)17-5-6-17/h1-4,7-13,15,17H,5-6,14H2,(H,28,29,32). The van der Waals surface area contributed by atoms with Gasteiger partial charge in [0.15, 0.2) is 0 Å².